The third-order valence-corrected chi connectivity index (χ3v) is 4.99. The molecule has 1 aromatic carbocycles. The van der Waals surface area contributed by atoms with E-state index in [1.54, 1.807) is 0 Å². The van der Waals surface area contributed by atoms with Gasteiger partial charge in [0.2, 0.25) is 5.91 Å². The van der Waals surface area contributed by atoms with E-state index in [-0.39, 0.29) is 11.8 Å². The van der Waals surface area contributed by atoms with Crippen LogP contribution in [0.15, 0.2) is 42.6 Å². The number of carbonyl (C=O) groups is 1. The highest BCUT2D eigenvalue weighted by Crippen LogP contribution is 2.26. The van der Waals surface area contributed by atoms with Gasteiger partial charge in [0.25, 0.3) is 0 Å². The predicted octanol–water partition coefficient (Wildman–Crippen LogP) is 3.12. The molecule has 1 atom stereocenters. The van der Waals surface area contributed by atoms with Crippen molar-refractivity contribution in [2.45, 2.75) is 39.2 Å². The van der Waals surface area contributed by atoms with E-state index in [0.29, 0.717) is 6.54 Å². The highest BCUT2D eigenvalue weighted by molar-refractivity contribution is 5.84. The van der Waals surface area contributed by atoms with E-state index in [1.165, 1.54) is 5.69 Å². The van der Waals surface area contributed by atoms with E-state index >= 15 is 0 Å². The molecule has 1 unspecified atom stereocenters. The molecule has 0 saturated carbocycles. The van der Waals surface area contributed by atoms with Crippen molar-refractivity contribution in [1.82, 2.24) is 19.5 Å². The summed E-state index contributed by atoms with van der Waals surface area (Å²) >= 11 is 0. The first-order valence-electron chi connectivity index (χ1n) is 8.84. The Morgan fingerprint density at radius 2 is 2.08 bits per heavy atom. The second kappa shape index (κ2) is 6.31. The van der Waals surface area contributed by atoms with Gasteiger partial charge >= 0.3 is 0 Å². The van der Waals surface area contributed by atoms with Crippen molar-refractivity contribution < 1.29 is 4.79 Å². The Kier molecular flexibility index (Phi) is 3.99. The lowest BCUT2D eigenvalue weighted by molar-refractivity contribution is -0.133. The van der Waals surface area contributed by atoms with Gasteiger partial charge in [-0.3, -0.25) is 4.79 Å². The smallest absolute Gasteiger partial charge is 0.230 e. The number of amides is 1. The van der Waals surface area contributed by atoms with Gasteiger partial charge in [0.15, 0.2) is 5.65 Å². The average Bonchev–Trinajstić information content (AvgIpc) is 3.03. The van der Waals surface area contributed by atoms with Gasteiger partial charge < -0.3 is 4.90 Å². The van der Waals surface area contributed by atoms with Gasteiger partial charge in [0.05, 0.1) is 17.3 Å². The summed E-state index contributed by atoms with van der Waals surface area (Å²) in [5, 5.41) is 4.55. The highest BCUT2D eigenvalue weighted by atomic mass is 16.2. The molecule has 3 heterocycles. The Hall–Kier alpha value is -2.69. The standard InChI is InChI=1S/C20H22N4O/c1-3-17(15-7-5-4-6-8-15)20(25)23-10-9-18-16(13-23)12-21-19-11-14(2)22-24(18)19/h4-8,11-12,17H,3,9-10,13H2,1-2H3. The van der Waals surface area contributed by atoms with E-state index in [9.17, 15) is 4.79 Å². The fraction of sp³-hybridized carbons (Fsp3) is 0.350. The summed E-state index contributed by atoms with van der Waals surface area (Å²) in [7, 11) is 0. The largest absolute Gasteiger partial charge is 0.337 e. The molecular weight excluding hydrogens is 312 g/mol. The molecular formula is C20H22N4O. The Balaban J connectivity index is 1.61. The third kappa shape index (κ3) is 2.80. The van der Waals surface area contributed by atoms with Crippen molar-refractivity contribution in [1.29, 1.82) is 0 Å². The van der Waals surface area contributed by atoms with Gasteiger partial charge in [-0.1, -0.05) is 37.3 Å². The van der Waals surface area contributed by atoms with E-state index in [0.717, 1.165) is 41.9 Å². The predicted molar refractivity (Wildman–Crippen MR) is 96.3 cm³/mol. The number of hydrogen-bond donors (Lipinski definition) is 0. The van der Waals surface area contributed by atoms with Crippen molar-refractivity contribution >= 4 is 11.6 Å². The number of aryl methyl sites for hydroxylation is 1. The molecule has 128 valence electrons. The lowest BCUT2D eigenvalue weighted by atomic mass is 9.94. The number of fused-ring (bicyclic) bond motifs is 3. The molecule has 2 aromatic heterocycles. The minimum atomic E-state index is -0.0774. The number of carbonyl (C=O) groups excluding carboxylic acids is 1. The summed E-state index contributed by atoms with van der Waals surface area (Å²) < 4.78 is 1.93. The fourth-order valence-corrected chi connectivity index (χ4v) is 3.70. The summed E-state index contributed by atoms with van der Waals surface area (Å²) in [6.45, 7) is 5.39. The maximum atomic E-state index is 13.1. The number of nitrogens with zero attached hydrogens (tertiary/aromatic N) is 4. The van der Waals surface area contributed by atoms with Crippen molar-refractivity contribution in [2.24, 2.45) is 0 Å². The van der Waals surface area contributed by atoms with E-state index in [4.69, 9.17) is 0 Å². The lowest BCUT2D eigenvalue weighted by Gasteiger charge is -2.31. The quantitative estimate of drug-likeness (QED) is 0.739. The molecule has 0 N–H and O–H groups in total. The normalized spacial score (nSPS) is 15.2. The molecule has 4 rings (SSSR count). The highest BCUT2D eigenvalue weighted by Gasteiger charge is 2.28. The molecule has 25 heavy (non-hydrogen) atoms. The van der Waals surface area contributed by atoms with Crippen LogP contribution in [-0.4, -0.2) is 31.9 Å². The first kappa shape index (κ1) is 15.8. The molecule has 5 heteroatoms. The fourth-order valence-electron chi connectivity index (χ4n) is 3.70. The zero-order valence-corrected chi connectivity index (χ0v) is 14.6. The van der Waals surface area contributed by atoms with E-state index in [2.05, 4.69) is 17.0 Å². The summed E-state index contributed by atoms with van der Waals surface area (Å²) in [4.78, 5) is 19.6. The van der Waals surface area contributed by atoms with Crippen LogP contribution in [0, 0.1) is 6.92 Å². The maximum Gasteiger partial charge on any atom is 0.230 e. The van der Waals surface area contributed by atoms with E-state index < -0.39 is 0 Å². The Bertz CT molecular complexity index is 916. The van der Waals surface area contributed by atoms with Gasteiger partial charge in [0.1, 0.15) is 0 Å². The van der Waals surface area contributed by atoms with Crippen molar-refractivity contribution in [3.05, 3.63) is 65.1 Å². The molecule has 0 fully saturated rings. The summed E-state index contributed by atoms with van der Waals surface area (Å²) in [6.07, 6.45) is 3.52. The minimum Gasteiger partial charge on any atom is -0.337 e. The van der Waals surface area contributed by atoms with Crippen molar-refractivity contribution in [3.63, 3.8) is 0 Å². The molecule has 1 amide bonds. The zero-order valence-electron chi connectivity index (χ0n) is 14.6. The first-order valence-corrected chi connectivity index (χ1v) is 8.84. The van der Waals surface area contributed by atoms with Gasteiger partial charge in [0, 0.05) is 37.3 Å². The molecule has 3 aromatic rings. The number of aromatic nitrogens is 3. The maximum absolute atomic E-state index is 13.1. The first-order chi connectivity index (χ1) is 12.2. The Labute approximate surface area is 147 Å². The lowest BCUT2D eigenvalue weighted by Crippen LogP contribution is -2.39. The molecule has 1 aliphatic rings. The van der Waals surface area contributed by atoms with Gasteiger partial charge in [-0.25, -0.2) is 9.50 Å². The summed E-state index contributed by atoms with van der Waals surface area (Å²) in [6, 6.07) is 12.1. The summed E-state index contributed by atoms with van der Waals surface area (Å²) in [5.41, 5.74) is 5.21. The van der Waals surface area contributed by atoms with Gasteiger partial charge in [-0.05, 0) is 18.9 Å². The molecule has 0 aliphatic carbocycles. The Morgan fingerprint density at radius 3 is 2.84 bits per heavy atom. The minimum absolute atomic E-state index is 0.0774. The molecule has 0 radical (unpaired) electrons. The third-order valence-electron chi connectivity index (χ3n) is 4.99. The van der Waals surface area contributed by atoms with Crippen LogP contribution in [0.25, 0.3) is 5.65 Å². The molecule has 1 aliphatic heterocycles. The Morgan fingerprint density at radius 1 is 1.28 bits per heavy atom. The van der Waals surface area contributed by atoms with Crippen molar-refractivity contribution in [3.8, 4) is 0 Å². The molecule has 0 bridgehead atoms. The molecule has 0 spiro atoms. The summed E-state index contributed by atoms with van der Waals surface area (Å²) in [5.74, 6) is 0.127. The number of benzene rings is 1. The average molecular weight is 334 g/mol. The second-order valence-electron chi connectivity index (χ2n) is 6.67. The molecule has 0 saturated heterocycles. The second-order valence-corrected chi connectivity index (χ2v) is 6.67. The topological polar surface area (TPSA) is 50.5 Å². The van der Waals surface area contributed by atoms with Crippen LogP contribution in [0.4, 0.5) is 0 Å². The van der Waals surface area contributed by atoms with Crippen LogP contribution in [0.1, 0.15) is 41.8 Å². The molecule has 5 nitrogen and oxygen atoms in total. The van der Waals surface area contributed by atoms with Gasteiger partial charge in [-0.15, -0.1) is 0 Å². The van der Waals surface area contributed by atoms with Crippen LogP contribution >= 0.6 is 0 Å². The number of hydrogen-bond acceptors (Lipinski definition) is 3. The van der Waals surface area contributed by atoms with Crippen LogP contribution in [0.3, 0.4) is 0 Å². The monoisotopic (exact) mass is 334 g/mol. The van der Waals surface area contributed by atoms with Crippen LogP contribution in [0.5, 0.6) is 0 Å². The van der Waals surface area contributed by atoms with Crippen LogP contribution < -0.4 is 0 Å². The van der Waals surface area contributed by atoms with Crippen LogP contribution in [-0.2, 0) is 17.8 Å². The SMILES string of the molecule is CCC(C(=O)N1CCc2c(cnc3cc(C)nn23)C1)c1ccccc1. The zero-order chi connectivity index (χ0) is 17.4. The van der Waals surface area contributed by atoms with Crippen LogP contribution in [0.2, 0.25) is 0 Å². The van der Waals surface area contributed by atoms with E-state index in [1.807, 2.05) is 58.9 Å². The van der Waals surface area contributed by atoms with Crippen molar-refractivity contribution in [2.75, 3.05) is 6.54 Å². The van der Waals surface area contributed by atoms with Gasteiger partial charge in [-0.2, -0.15) is 5.10 Å². The number of rotatable bonds is 3.